The van der Waals surface area contributed by atoms with Crippen LogP contribution in [0.2, 0.25) is 0 Å². The molecule has 4 aromatic rings. The van der Waals surface area contributed by atoms with Gasteiger partial charge in [0.25, 0.3) is 0 Å². The smallest absolute Gasteiger partial charge is 0.229 e. The minimum Gasteiger partial charge on any atom is -0.326 e. The van der Waals surface area contributed by atoms with Crippen LogP contribution < -0.4 is 5.32 Å². The van der Waals surface area contributed by atoms with Gasteiger partial charge in [0.05, 0.1) is 23.0 Å². The van der Waals surface area contributed by atoms with Crippen molar-refractivity contribution in [3.05, 3.63) is 72.7 Å². The summed E-state index contributed by atoms with van der Waals surface area (Å²) in [4.78, 5) is 33.5. The number of amides is 1. The number of Topliss-reactive ketones (excluding diaryl/α,β-unsaturated/α-hetero) is 1. The number of para-hydroxylation sites is 1. The molecule has 2 aromatic heterocycles. The van der Waals surface area contributed by atoms with Gasteiger partial charge >= 0.3 is 0 Å². The van der Waals surface area contributed by atoms with Crippen molar-refractivity contribution in [3.8, 4) is 5.69 Å². The first-order chi connectivity index (χ1) is 15.3. The van der Waals surface area contributed by atoms with Crippen molar-refractivity contribution in [1.82, 2.24) is 19.7 Å². The van der Waals surface area contributed by atoms with Gasteiger partial charge in [-0.15, -0.1) is 0 Å². The summed E-state index contributed by atoms with van der Waals surface area (Å²) < 4.78 is 1.76. The van der Waals surface area contributed by atoms with Gasteiger partial charge in [0.1, 0.15) is 11.4 Å². The third kappa shape index (κ3) is 4.70. The molecule has 0 aliphatic carbocycles. The van der Waals surface area contributed by atoms with Crippen LogP contribution in [-0.2, 0) is 4.79 Å². The molecule has 0 aliphatic heterocycles. The average Bonchev–Trinajstić information content (AvgIpc) is 3.23. The van der Waals surface area contributed by atoms with Gasteiger partial charge < -0.3 is 5.32 Å². The van der Waals surface area contributed by atoms with Gasteiger partial charge in [-0.25, -0.2) is 14.6 Å². The molecule has 32 heavy (non-hydrogen) atoms. The first-order valence-corrected chi connectivity index (χ1v) is 11.1. The largest absolute Gasteiger partial charge is 0.326 e. The lowest BCUT2D eigenvalue weighted by atomic mass is 9.95. The van der Waals surface area contributed by atoms with Gasteiger partial charge in [-0.1, -0.05) is 50.7 Å². The fourth-order valence-electron chi connectivity index (χ4n) is 2.97. The molecule has 0 atom stereocenters. The highest BCUT2D eigenvalue weighted by molar-refractivity contribution is 8.00. The van der Waals surface area contributed by atoms with Crippen molar-refractivity contribution < 1.29 is 9.59 Å². The Morgan fingerprint density at radius 1 is 1.00 bits per heavy atom. The number of nitrogens with zero attached hydrogens (tertiary/aromatic N) is 4. The average molecular weight is 446 g/mol. The Morgan fingerprint density at radius 2 is 1.72 bits per heavy atom. The van der Waals surface area contributed by atoms with E-state index in [1.54, 1.807) is 35.1 Å². The van der Waals surface area contributed by atoms with Crippen molar-refractivity contribution in [3.63, 3.8) is 0 Å². The third-order valence-electron chi connectivity index (χ3n) is 4.82. The lowest BCUT2D eigenvalue weighted by Crippen LogP contribution is -2.27. The second kappa shape index (κ2) is 8.92. The van der Waals surface area contributed by atoms with Crippen LogP contribution in [0.1, 0.15) is 31.1 Å². The second-order valence-corrected chi connectivity index (χ2v) is 9.27. The molecule has 162 valence electrons. The van der Waals surface area contributed by atoms with Crippen LogP contribution in [0.25, 0.3) is 16.7 Å². The number of anilines is 1. The number of fused-ring (bicyclic) bond motifs is 1. The molecule has 0 radical (unpaired) electrons. The molecule has 1 N–H and O–H groups in total. The van der Waals surface area contributed by atoms with E-state index in [1.807, 2.05) is 51.1 Å². The molecule has 4 rings (SSSR count). The predicted molar refractivity (Wildman–Crippen MR) is 126 cm³/mol. The summed E-state index contributed by atoms with van der Waals surface area (Å²) in [7, 11) is 0. The Bertz CT molecular complexity index is 1260. The van der Waals surface area contributed by atoms with E-state index in [-0.39, 0.29) is 17.4 Å². The second-order valence-electron chi connectivity index (χ2n) is 8.30. The molecule has 2 aromatic carbocycles. The predicted octanol–water partition coefficient (Wildman–Crippen LogP) is 4.78. The highest BCUT2D eigenvalue weighted by Crippen LogP contribution is 2.26. The summed E-state index contributed by atoms with van der Waals surface area (Å²) in [5, 5.41) is 8.81. The number of nitrogens with one attached hydrogen (secondary N) is 1. The maximum absolute atomic E-state index is 12.7. The fourth-order valence-corrected chi connectivity index (χ4v) is 3.83. The number of carbonyl (C=O) groups excluding carboxylic acids is 2. The fraction of sp³-hybridized carbons (Fsp3) is 0.208. The summed E-state index contributed by atoms with van der Waals surface area (Å²) in [5.41, 5.74) is 2.37. The van der Waals surface area contributed by atoms with Crippen LogP contribution in [0.3, 0.4) is 0 Å². The van der Waals surface area contributed by atoms with Gasteiger partial charge in [-0.05, 0) is 36.4 Å². The monoisotopic (exact) mass is 445 g/mol. The maximum Gasteiger partial charge on any atom is 0.229 e. The van der Waals surface area contributed by atoms with Gasteiger partial charge in [-0.3, -0.25) is 9.59 Å². The van der Waals surface area contributed by atoms with E-state index in [4.69, 9.17) is 0 Å². The van der Waals surface area contributed by atoms with Crippen molar-refractivity contribution in [2.45, 2.75) is 25.8 Å². The van der Waals surface area contributed by atoms with Crippen LogP contribution in [-0.4, -0.2) is 37.2 Å². The van der Waals surface area contributed by atoms with Crippen molar-refractivity contribution >= 4 is 40.2 Å². The van der Waals surface area contributed by atoms with Crippen LogP contribution in [0.15, 0.2) is 72.1 Å². The zero-order valence-corrected chi connectivity index (χ0v) is 18.9. The molecular formula is C24H23N5O2S. The first-order valence-electron chi connectivity index (χ1n) is 10.1. The lowest BCUT2D eigenvalue weighted by molar-refractivity contribution is -0.123. The zero-order chi connectivity index (χ0) is 22.7. The van der Waals surface area contributed by atoms with E-state index in [2.05, 4.69) is 20.4 Å². The first kappa shape index (κ1) is 21.7. The summed E-state index contributed by atoms with van der Waals surface area (Å²) >= 11 is 1.36. The SMILES string of the molecule is CC(C)(C)C(=O)Nc1ccc(C(=O)CSc2ncnc3c2cnn3-c2ccccc2)cc1. The molecule has 0 fully saturated rings. The molecule has 7 nitrogen and oxygen atoms in total. The topological polar surface area (TPSA) is 89.8 Å². The van der Waals surface area contributed by atoms with Crippen LogP contribution >= 0.6 is 11.8 Å². The summed E-state index contributed by atoms with van der Waals surface area (Å²) in [6.07, 6.45) is 3.21. The van der Waals surface area contributed by atoms with Gasteiger partial charge in [0.15, 0.2) is 11.4 Å². The van der Waals surface area contributed by atoms with Crippen molar-refractivity contribution in [1.29, 1.82) is 0 Å². The Hall–Kier alpha value is -3.52. The third-order valence-corrected chi connectivity index (χ3v) is 5.82. The number of benzene rings is 2. The number of thioether (sulfide) groups is 1. The molecule has 0 unspecified atom stereocenters. The molecule has 2 heterocycles. The summed E-state index contributed by atoms with van der Waals surface area (Å²) in [6.45, 7) is 5.56. The van der Waals surface area contributed by atoms with Crippen LogP contribution in [0, 0.1) is 5.41 Å². The maximum atomic E-state index is 12.7. The normalized spacial score (nSPS) is 11.5. The number of ketones is 1. The highest BCUT2D eigenvalue weighted by Gasteiger charge is 2.21. The zero-order valence-electron chi connectivity index (χ0n) is 18.1. The standard InChI is InChI=1S/C24H23N5O2S/c1-24(2,3)23(31)28-17-11-9-16(10-12-17)20(30)14-32-22-19-13-27-29(21(19)25-15-26-22)18-7-5-4-6-8-18/h4-13,15H,14H2,1-3H3,(H,28,31). The Morgan fingerprint density at radius 3 is 2.41 bits per heavy atom. The Labute approximate surface area is 190 Å². The van der Waals surface area contributed by atoms with Crippen LogP contribution in [0.5, 0.6) is 0 Å². The molecule has 1 amide bonds. The summed E-state index contributed by atoms with van der Waals surface area (Å²) in [5.74, 6) is 0.137. The Kier molecular flexibility index (Phi) is 6.05. The van der Waals surface area contributed by atoms with Crippen molar-refractivity contribution in [2.75, 3.05) is 11.1 Å². The highest BCUT2D eigenvalue weighted by atomic mass is 32.2. The molecule has 0 spiro atoms. The number of rotatable bonds is 6. The van der Waals surface area contributed by atoms with E-state index in [9.17, 15) is 9.59 Å². The molecule has 0 aliphatic rings. The van der Waals surface area contributed by atoms with Gasteiger partial charge in [0.2, 0.25) is 5.91 Å². The van der Waals surface area contributed by atoms with E-state index >= 15 is 0 Å². The Balaban J connectivity index is 1.45. The molecule has 0 saturated heterocycles. The van der Waals surface area contributed by atoms with Crippen molar-refractivity contribution in [2.24, 2.45) is 5.41 Å². The minimum atomic E-state index is -0.484. The van der Waals surface area contributed by atoms with E-state index in [1.165, 1.54) is 18.1 Å². The van der Waals surface area contributed by atoms with E-state index in [0.717, 1.165) is 11.1 Å². The van der Waals surface area contributed by atoms with E-state index in [0.29, 0.717) is 21.9 Å². The molecule has 0 bridgehead atoms. The quantitative estimate of drug-likeness (QED) is 0.261. The van der Waals surface area contributed by atoms with Crippen LogP contribution in [0.4, 0.5) is 5.69 Å². The minimum absolute atomic E-state index is 0.0223. The van der Waals surface area contributed by atoms with Gasteiger partial charge in [-0.2, -0.15) is 5.10 Å². The lowest BCUT2D eigenvalue weighted by Gasteiger charge is -2.17. The number of hydrogen-bond donors (Lipinski definition) is 1. The van der Waals surface area contributed by atoms with E-state index < -0.39 is 5.41 Å². The number of carbonyl (C=O) groups is 2. The molecule has 0 saturated carbocycles. The van der Waals surface area contributed by atoms with Gasteiger partial charge in [0, 0.05) is 16.7 Å². The molecule has 8 heteroatoms. The molecular weight excluding hydrogens is 422 g/mol. The summed E-state index contributed by atoms with van der Waals surface area (Å²) in [6, 6.07) is 16.7. The number of hydrogen-bond acceptors (Lipinski definition) is 6. The number of aromatic nitrogens is 4.